The van der Waals surface area contributed by atoms with Crippen LogP contribution in [-0.4, -0.2) is 5.97 Å². The highest BCUT2D eigenvalue weighted by molar-refractivity contribution is 7.25. The molecule has 0 amide bonds. The van der Waals surface area contributed by atoms with Crippen molar-refractivity contribution in [1.29, 1.82) is 0 Å². The summed E-state index contributed by atoms with van der Waals surface area (Å²) in [7, 11) is 0. The topological polar surface area (TPSA) is 26.3 Å². The minimum atomic E-state index is -0.392. The Balaban J connectivity index is 2.13. The molecule has 0 aliphatic heterocycles. The number of fused-ring (bicyclic) bond motifs is 3. The zero-order valence-corrected chi connectivity index (χ0v) is 11.1. The molecule has 3 rings (SSSR count). The lowest BCUT2D eigenvalue weighted by Gasteiger charge is -2.04. The van der Waals surface area contributed by atoms with Gasteiger partial charge in [-0.15, -0.1) is 11.3 Å². The summed E-state index contributed by atoms with van der Waals surface area (Å²) in [5.74, 6) is -0.392. The molecule has 1 aromatic heterocycles. The second kappa shape index (κ2) is 4.86. The quantitative estimate of drug-likeness (QED) is 0.523. The largest absolute Gasteiger partial charge is 0.458 e. The Bertz CT molecular complexity index is 771. The van der Waals surface area contributed by atoms with Crippen LogP contribution in [0.4, 0.5) is 0 Å². The van der Waals surface area contributed by atoms with Gasteiger partial charge in [-0.1, -0.05) is 36.9 Å². The van der Waals surface area contributed by atoms with E-state index in [9.17, 15) is 4.79 Å². The van der Waals surface area contributed by atoms with E-state index in [1.807, 2.05) is 24.3 Å². The minimum absolute atomic E-state index is 0.281. The number of hydrogen-bond acceptors (Lipinski definition) is 3. The summed E-state index contributed by atoms with van der Waals surface area (Å²) in [4.78, 5) is 11.2. The summed E-state index contributed by atoms with van der Waals surface area (Å²) in [6.07, 6.45) is 1.19. The van der Waals surface area contributed by atoms with Gasteiger partial charge in [0.05, 0.1) is 0 Å². The number of carbonyl (C=O) groups excluding carboxylic acids is 1. The Morgan fingerprint density at radius 1 is 1.16 bits per heavy atom. The van der Waals surface area contributed by atoms with Crippen molar-refractivity contribution in [2.45, 2.75) is 6.61 Å². The molecular formula is C16H12O2S. The van der Waals surface area contributed by atoms with E-state index in [1.165, 1.54) is 26.2 Å². The van der Waals surface area contributed by atoms with E-state index in [4.69, 9.17) is 4.74 Å². The smallest absolute Gasteiger partial charge is 0.330 e. The number of ether oxygens (including phenoxy) is 1. The van der Waals surface area contributed by atoms with Crippen LogP contribution in [-0.2, 0) is 16.1 Å². The standard InChI is InChI=1S/C16H12O2S/c1-2-15(17)18-10-11-6-5-9-14-16(11)12-7-3-4-8-13(12)19-14/h2-9H,1,10H2. The molecule has 2 nitrogen and oxygen atoms in total. The van der Waals surface area contributed by atoms with Crippen molar-refractivity contribution in [3.8, 4) is 0 Å². The SMILES string of the molecule is C=CC(=O)OCc1cccc2sc3ccccc3c12. The Morgan fingerprint density at radius 3 is 2.79 bits per heavy atom. The maximum Gasteiger partial charge on any atom is 0.330 e. The van der Waals surface area contributed by atoms with Crippen molar-refractivity contribution in [3.63, 3.8) is 0 Å². The fourth-order valence-corrected chi connectivity index (χ4v) is 3.33. The summed E-state index contributed by atoms with van der Waals surface area (Å²) in [6.45, 7) is 3.68. The molecule has 3 aromatic rings. The first-order valence-electron chi connectivity index (χ1n) is 5.98. The van der Waals surface area contributed by atoms with Crippen molar-refractivity contribution >= 4 is 37.5 Å². The average molecular weight is 268 g/mol. The van der Waals surface area contributed by atoms with Gasteiger partial charge in [0.25, 0.3) is 0 Å². The molecule has 0 aliphatic carbocycles. The first-order chi connectivity index (χ1) is 9.29. The molecule has 0 bridgehead atoms. The number of thiophene rings is 1. The summed E-state index contributed by atoms with van der Waals surface area (Å²) >= 11 is 1.76. The maximum absolute atomic E-state index is 11.2. The molecular weight excluding hydrogens is 256 g/mol. The van der Waals surface area contributed by atoms with Crippen LogP contribution in [0.15, 0.2) is 55.1 Å². The number of carbonyl (C=O) groups is 1. The van der Waals surface area contributed by atoms with E-state index in [2.05, 4.69) is 24.8 Å². The highest BCUT2D eigenvalue weighted by Gasteiger charge is 2.09. The molecule has 0 radical (unpaired) electrons. The van der Waals surface area contributed by atoms with E-state index >= 15 is 0 Å². The van der Waals surface area contributed by atoms with Gasteiger partial charge in [0.15, 0.2) is 0 Å². The van der Waals surface area contributed by atoms with Gasteiger partial charge in [-0.25, -0.2) is 4.79 Å². The van der Waals surface area contributed by atoms with Gasteiger partial charge in [0.2, 0.25) is 0 Å². The van der Waals surface area contributed by atoms with Crippen LogP contribution in [0.25, 0.3) is 20.2 Å². The van der Waals surface area contributed by atoms with E-state index in [1.54, 1.807) is 11.3 Å². The number of hydrogen-bond donors (Lipinski definition) is 0. The summed E-state index contributed by atoms with van der Waals surface area (Å²) < 4.78 is 7.62. The van der Waals surface area contributed by atoms with Gasteiger partial charge >= 0.3 is 5.97 Å². The Morgan fingerprint density at radius 2 is 1.95 bits per heavy atom. The average Bonchev–Trinajstić information content (AvgIpc) is 2.83. The lowest BCUT2D eigenvalue weighted by atomic mass is 10.1. The van der Waals surface area contributed by atoms with E-state index < -0.39 is 5.97 Å². The molecule has 0 spiro atoms. The van der Waals surface area contributed by atoms with Gasteiger partial charge in [-0.2, -0.15) is 0 Å². The molecule has 2 aromatic carbocycles. The van der Waals surface area contributed by atoms with Crippen LogP contribution >= 0.6 is 11.3 Å². The third-order valence-electron chi connectivity index (χ3n) is 3.03. The molecule has 3 heteroatoms. The fourth-order valence-electron chi connectivity index (χ4n) is 2.18. The van der Waals surface area contributed by atoms with Gasteiger partial charge in [-0.05, 0) is 17.7 Å². The molecule has 0 saturated heterocycles. The van der Waals surface area contributed by atoms with Gasteiger partial charge in [0.1, 0.15) is 6.61 Å². The van der Waals surface area contributed by atoms with Crippen LogP contribution in [0.2, 0.25) is 0 Å². The predicted octanol–water partition coefficient (Wildman–Crippen LogP) is 4.28. The van der Waals surface area contributed by atoms with Crippen molar-refractivity contribution in [2.24, 2.45) is 0 Å². The Kier molecular flexibility index (Phi) is 3.05. The highest BCUT2D eigenvalue weighted by Crippen LogP contribution is 2.35. The van der Waals surface area contributed by atoms with E-state index in [0.29, 0.717) is 0 Å². The monoisotopic (exact) mass is 268 g/mol. The van der Waals surface area contributed by atoms with Crippen LogP contribution < -0.4 is 0 Å². The van der Waals surface area contributed by atoms with Gasteiger partial charge in [0, 0.05) is 26.2 Å². The van der Waals surface area contributed by atoms with E-state index in [-0.39, 0.29) is 6.61 Å². The third-order valence-corrected chi connectivity index (χ3v) is 4.16. The second-order valence-electron chi connectivity index (χ2n) is 4.20. The first-order valence-corrected chi connectivity index (χ1v) is 6.79. The molecule has 0 saturated carbocycles. The molecule has 0 aliphatic rings. The first kappa shape index (κ1) is 11.9. The normalized spacial score (nSPS) is 10.7. The summed E-state index contributed by atoms with van der Waals surface area (Å²) in [5.41, 5.74) is 1.03. The van der Waals surface area contributed by atoms with Crippen molar-refractivity contribution in [3.05, 3.63) is 60.7 Å². The molecule has 0 fully saturated rings. The molecule has 94 valence electrons. The number of esters is 1. The molecule has 19 heavy (non-hydrogen) atoms. The zero-order chi connectivity index (χ0) is 13.2. The van der Waals surface area contributed by atoms with Crippen LogP contribution in [0, 0.1) is 0 Å². The zero-order valence-electron chi connectivity index (χ0n) is 10.3. The number of benzene rings is 2. The van der Waals surface area contributed by atoms with Crippen LogP contribution in [0.3, 0.4) is 0 Å². The van der Waals surface area contributed by atoms with Crippen molar-refractivity contribution in [2.75, 3.05) is 0 Å². The molecule has 0 unspecified atom stereocenters. The fraction of sp³-hybridized carbons (Fsp3) is 0.0625. The predicted molar refractivity (Wildman–Crippen MR) is 79.3 cm³/mol. The summed E-state index contributed by atoms with van der Waals surface area (Å²) in [6, 6.07) is 14.4. The van der Waals surface area contributed by atoms with E-state index in [0.717, 1.165) is 5.56 Å². The van der Waals surface area contributed by atoms with Crippen molar-refractivity contribution < 1.29 is 9.53 Å². The van der Waals surface area contributed by atoms with Gasteiger partial charge in [-0.3, -0.25) is 0 Å². The Hall–Kier alpha value is -2.13. The van der Waals surface area contributed by atoms with Crippen molar-refractivity contribution in [1.82, 2.24) is 0 Å². The molecule has 0 N–H and O–H groups in total. The van der Waals surface area contributed by atoms with Crippen LogP contribution in [0.1, 0.15) is 5.56 Å². The minimum Gasteiger partial charge on any atom is -0.458 e. The van der Waals surface area contributed by atoms with Crippen LogP contribution in [0.5, 0.6) is 0 Å². The highest BCUT2D eigenvalue weighted by atomic mass is 32.1. The maximum atomic E-state index is 11.2. The molecule has 1 heterocycles. The third kappa shape index (κ3) is 2.13. The molecule has 0 atom stereocenters. The van der Waals surface area contributed by atoms with Gasteiger partial charge < -0.3 is 4.74 Å². The lowest BCUT2D eigenvalue weighted by molar-refractivity contribution is -0.138. The number of rotatable bonds is 3. The second-order valence-corrected chi connectivity index (χ2v) is 5.28. The summed E-state index contributed by atoms with van der Waals surface area (Å²) in [5, 5.41) is 2.40. The lowest BCUT2D eigenvalue weighted by Crippen LogP contribution is -2.00. The Labute approximate surface area is 114 Å².